The quantitative estimate of drug-likeness (QED) is 0.548. The van der Waals surface area contributed by atoms with Crippen LogP contribution in [0.1, 0.15) is 42.2 Å². The molecule has 0 aromatic carbocycles. The number of nitrogens with zero attached hydrogens (tertiary/aromatic N) is 4. The van der Waals surface area contributed by atoms with Crippen LogP contribution in [-0.4, -0.2) is 46.7 Å². The van der Waals surface area contributed by atoms with E-state index in [2.05, 4.69) is 33.9 Å². The van der Waals surface area contributed by atoms with Gasteiger partial charge >= 0.3 is 0 Å². The Morgan fingerprint density at radius 1 is 1.20 bits per heavy atom. The highest BCUT2D eigenvalue weighted by Gasteiger charge is 2.26. The number of likely N-dealkylation sites (tertiary alicyclic amines) is 1. The second kappa shape index (κ2) is 9.94. The predicted octanol–water partition coefficient (Wildman–Crippen LogP) is 4.68. The van der Waals surface area contributed by atoms with Crippen molar-refractivity contribution >= 4 is 35.2 Å². The highest BCUT2D eigenvalue weighted by Crippen LogP contribution is 2.29. The molecule has 30 heavy (non-hydrogen) atoms. The molecule has 1 fully saturated rings. The Hall–Kier alpha value is -1.90. The van der Waals surface area contributed by atoms with Crippen molar-refractivity contribution < 1.29 is 9.47 Å². The summed E-state index contributed by atoms with van der Waals surface area (Å²) >= 11 is 1.70. The molecule has 1 aliphatic heterocycles. The van der Waals surface area contributed by atoms with Crippen molar-refractivity contribution in [1.29, 1.82) is 0 Å². The number of aryl methyl sites for hydroxylation is 2. The number of hydrogen-bond donors (Lipinski definition) is 0. The maximum atomic E-state index is 6.09. The molecule has 4 heterocycles. The number of hydrogen-bond acceptors (Lipinski definition) is 7. The third-order valence-corrected chi connectivity index (χ3v) is 6.43. The van der Waals surface area contributed by atoms with Crippen molar-refractivity contribution in [2.45, 2.75) is 39.7 Å². The lowest BCUT2D eigenvalue weighted by molar-refractivity contribution is 0.0992. The normalized spacial score (nSPS) is 18.1. The molecule has 6 nitrogen and oxygen atoms in total. The molecule has 1 aliphatic rings. The first kappa shape index (κ1) is 22.8. The summed E-state index contributed by atoms with van der Waals surface area (Å²) in [5.74, 6) is 1.92. The lowest BCUT2D eigenvalue weighted by atomic mass is 9.97. The molecular formula is C22H30N4O2S2. The molecule has 0 N–H and O–H groups in total. The van der Waals surface area contributed by atoms with Crippen LogP contribution in [0, 0.1) is 19.8 Å². The fraction of sp³-hybridized carbons (Fsp3) is 0.500. The summed E-state index contributed by atoms with van der Waals surface area (Å²) in [5.41, 5.74) is 2.87. The van der Waals surface area contributed by atoms with Crippen molar-refractivity contribution in [3.8, 4) is 11.6 Å². The third kappa shape index (κ3) is 5.22. The lowest BCUT2D eigenvalue weighted by Crippen LogP contribution is -2.39. The first-order chi connectivity index (χ1) is 14.0. The number of aromatic nitrogens is 3. The highest BCUT2D eigenvalue weighted by atomic mass is 32.1. The minimum Gasteiger partial charge on any atom is -0.493 e. The number of thiazole rings is 1. The molecule has 0 bridgehead atoms. The van der Waals surface area contributed by atoms with Gasteiger partial charge in [-0.3, -0.25) is 4.90 Å². The maximum Gasteiger partial charge on any atom is 0.216 e. The third-order valence-electron chi connectivity index (χ3n) is 5.51. The standard InChI is InChI=1S/C22H28N4O2S.H2S/c1-14-10-18(11-21(23-14)27-4)28-13-17-6-5-9-26(12-17)15(2)19-7-8-20-22(25-19)24-16(3)29-20;/h7-8,10-11,15,17H,5-6,9,12-13H2,1-4H3;1H2/t15?,17-;/m0./s1. The molecule has 3 aromatic rings. The van der Waals surface area contributed by atoms with Crippen LogP contribution in [0.4, 0.5) is 0 Å². The fourth-order valence-electron chi connectivity index (χ4n) is 3.96. The summed E-state index contributed by atoms with van der Waals surface area (Å²) in [6.45, 7) is 9.03. The Kier molecular flexibility index (Phi) is 7.55. The SMILES string of the molecule is COc1cc(OC[C@H]2CCCN(C(C)c3ccc4sc(C)nc4n3)C2)cc(C)n1.S. The molecule has 0 radical (unpaired) electrons. The second-order valence-electron chi connectivity index (χ2n) is 7.77. The Bertz CT molecular complexity index is 994. The van der Waals surface area contributed by atoms with Crippen molar-refractivity contribution in [1.82, 2.24) is 19.9 Å². The number of ether oxygens (including phenoxy) is 2. The summed E-state index contributed by atoms with van der Waals surface area (Å²) < 4.78 is 12.5. The van der Waals surface area contributed by atoms with E-state index >= 15 is 0 Å². The van der Waals surface area contributed by atoms with Crippen molar-refractivity contribution in [2.24, 2.45) is 5.92 Å². The number of pyridine rings is 2. The van der Waals surface area contributed by atoms with E-state index in [0.717, 1.165) is 45.6 Å². The van der Waals surface area contributed by atoms with Crippen LogP contribution >= 0.6 is 24.8 Å². The van der Waals surface area contributed by atoms with Crippen molar-refractivity contribution in [3.63, 3.8) is 0 Å². The van der Waals surface area contributed by atoms with Gasteiger partial charge < -0.3 is 9.47 Å². The van der Waals surface area contributed by atoms with Gasteiger partial charge in [-0.05, 0) is 52.3 Å². The van der Waals surface area contributed by atoms with Gasteiger partial charge in [0.15, 0.2) is 5.65 Å². The van der Waals surface area contributed by atoms with Gasteiger partial charge in [-0.2, -0.15) is 13.5 Å². The summed E-state index contributed by atoms with van der Waals surface area (Å²) in [6.07, 6.45) is 2.36. The van der Waals surface area contributed by atoms with Gasteiger partial charge in [-0.1, -0.05) is 0 Å². The van der Waals surface area contributed by atoms with Gasteiger partial charge in [-0.25, -0.2) is 15.0 Å². The average Bonchev–Trinajstić information content (AvgIpc) is 3.10. The summed E-state index contributed by atoms with van der Waals surface area (Å²) in [6, 6.07) is 8.39. The van der Waals surface area contributed by atoms with E-state index in [9.17, 15) is 0 Å². The summed E-state index contributed by atoms with van der Waals surface area (Å²) in [5, 5.41) is 1.07. The van der Waals surface area contributed by atoms with Crippen LogP contribution in [0.3, 0.4) is 0 Å². The Morgan fingerprint density at radius 2 is 2.03 bits per heavy atom. The molecule has 0 aliphatic carbocycles. The maximum absolute atomic E-state index is 6.09. The van der Waals surface area contributed by atoms with Crippen LogP contribution < -0.4 is 9.47 Å². The topological polar surface area (TPSA) is 60.4 Å². The summed E-state index contributed by atoms with van der Waals surface area (Å²) in [4.78, 5) is 16.2. The van der Waals surface area contributed by atoms with Gasteiger partial charge in [0.1, 0.15) is 5.75 Å². The van der Waals surface area contributed by atoms with Gasteiger partial charge in [0, 0.05) is 36.3 Å². The number of fused-ring (bicyclic) bond motifs is 1. The average molecular weight is 447 g/mol. The van der Waals surface area contributed by atoms with Crippen LogP contribution in [0.25, 0.3) is 10.3 Å². The molecule has 8 heteroatoms. The van der Waals surface area contributed by atoms with Crippen LogP contribution in [0.5, 0.6) is 11.6 Å². The van der Waals surface area contributed by atoms with E-state index in [1.807, 2.05) is 26.0 Å². The number of rotatable bonds is 6. The second-order valence-corrected chi connectivity index (χ2v) is 9.00. The Morgan fingerprint density at radius 3 is 2.83 bits per heavy atom. The monoisotopic (exact) mass is 446 g/mol. The van der Waals surface area contributed by atoms with Crippen LogP contribution in [0.15, 0.2) is 24.3 Å². The smallest absolute Gasteiger partial charge is 0.216 e. The van der Waals surface area contributed by atoms with E-state index in [0.29, 0.717) is 18.4 Å². The molecule has 0 amide bonds. The first-order valence-electron chi connectivity index (χ1n) is 10.2. The van der Waals surface area contributed by atoms with E-state index in [1.54, 1.807) is 18.4 Å². The van der Waals surface area contributed by atoms with E-state index < -0.39 is 0 Å². The van der Waals surface area contributed by atoms with Gasteiger partial charge in [0.25, 0.3) is 0 Å². The van der Waals surface area contributed by atoms with Crippen molar-refractivity contribution in [3.05, 3.63) is 40.7 Å². The zero-order chi connectivity index (χ0) is 20.4. The zero-order valence-electron chi connectivity index (χ0n) is 18.0. The molecule has 162 valence electrons. The van der Waals surface area contributed by atoms with Crippen molar-refractivity contribution in [2.75, 3.05) is 26.8 Å². The van der Waals surface area contributed by atoms with Crippen LogP contribution in [-0.2, 0) is 0 Å². The van der Waals surface area contributed by atoms with E-state index in [1.165, 1.54) is 12.8 Å². The van der Waals surface area contributed by atoms with E-state index in [4.69, 9.17) is 14.5 Å². The molecule has 0 saturated carbocycles. The minimum absolute atomic E-state index is 0. The molecule has 2 atom stereocenters. The molecule has 3 aromatic heterocycles. The number of piperidine rings is 1. The van der Waals surface area contributed by atoms with Gasteiger partial charge in [0.2, 0.25) is 5.88 Å². The predicted molar refractivity (Wildman–Crippen MR) is 126 cm³/mol. The van der Waals surface area contributed by atoms with Gasteiger partial charge in [-0.15, -0.1) is 11.3 Å². The number of methoxy groups -OCH3 is 1. The minimum atomic E-state index is 0. The lowest BCUT2D eigenvalue weighted by Gasteiger charge is -2.36. The molecule has 0 spiro atoms. The fourth-order valence-corrected chi connectivity index (χ4v) is 4.72. The molecule has 4 rings (SSSR count). The Balaban J connectivity index is 0.00000256. The van der Waals surface area contributed by atoms with E-state index in [-0.39, 0.29) is 19.5 Å². The largest absolute Gasteiger partial charge is 0.493 e. The first-order valence-corrected chi connectivity index (χ1v) is 11.0. The summed E-state index contributed by atoms with van der Waals surface area (Å²) in [7, 11) is 1.63. The molecule has 1 unspecified atom stereocenters. The molecule has 1 saturated heterocycles. The van der Waals surface area contributed by atoms with Gasteiger partial charge in [0.05, 0.1) is 29.1 Å². The zero-order valence-corrected chi connectivity index (χ0v) is 19.8. The Labute approximate surface area is 189 Å². The molecular weight excluding hydrogens is 416 g/mol. The highest BCUT2D eigenvalue weighted by molar-refractivity contribution is 7.59. The van der Waals surface area contributed by atoms with Crippen LogP contribution in [0.2, 0.25) is 0 Å².